The Balaban J connectivity index is 1.69. The van der Waals surface area contributed by atoms with Crippen molar-refractivity contribution < 1.29 is 18.0 Å². The Morgan fingerprint density at radius 2 is 1.92 bits per heavy atom. The maximum absolute atomic E-state index is 12.2. The molecule has 7 heteroatoms. The number of rotatable bonds is 6. The second kappa shape index (κ2) is 7.25. The van der Waals surface area contributed by atoms with E-state index in [4.69, 9.17) is 4.52 Å². The molecular formula is C17H21F2N3O2. The molecule has 2 aromatic rings. The SMILES string of the molecule is Cc1nc(C2(NCc3ccc(OC(F)F)cc3)CCCCC2)no1. The minimum atomic E-state index is -2.80. The Labute approximate surface area is 139 Å². The molecule has 1 heterocycles. The van der Waals surface area contributed by atoms with E-state index in [1.165, 1.54) is 6.42 Å². The molecule has 0 spiro atoms. The number of benzene rings is 1. The molecule has 1 aromatic carbocycles. The first kappa shape index (κ1) is 16.8. The first-order valence-corrected chi connectivity index (χ1v) is 8.17. The average molecular weight is 337 g/mol. The molecule has 1 aliphatic rings. The summed E-state index contributed by atoms with van der Waals surface area (Å²) < 4.78 is 33.9. The van der Waals surface area contributed by atoms with E-state index in [-0.39, 0.29) is 11.3 Å². The van der Waals surface area contributed by atoms with Crippen LogP contribution in [-0.2, 0) is 12.1 Å². The molecular weight excluding hydrogens is 316 g/mol. The lowest BCUT2D eigenvalue weighted by atomic mass is 9.81. The number of nitrogens with one attached hydrogen (secondary N) is 1. The quantitative estimate of drug-likeness (QED) is 0.865. The molecule has 1 aromatic heterocycles. The van der Waals surface area contributed by atoms with Crippen molar-refractivity contribution in [1.29, 1.82) is 0 Å². The van der Waals surface area contributed by atoms with Crippen LogP contribution in [0, 0.1) is 6.92 Å². The summed E-state index contributed by atoms with van der Waals surface area (Å²) in [5.41, 5.74) is 0.704. The van der Waals surface area contributed by atoms with Crippen LogP contribution in [0.5, 0.6) is 5.75 Å². The van der Waals surface area contributed by atoms with Crippen LogP contribution in [-0.4, -0.2) is 16.8 Å². The molecule has 3 rings (SSSR count). The van der Waals surface area contributed by atoms with Gasteiger partial charge in [0.05, 0.1) is 5.54 Å². The Bertz CT molecular complexity index is 652. The Morgan fingerprint density at radius 1 is 1.21 bits per heavy atom. The van der Waals surface area contributed by atoms with Crippen molar-refractivity contribution in [3.63, 3.8) is 0 Å². The van der Waals surface area contributed by atoms with Crippen LogP contribution in [0.15, 0.2) is 28.8 Å². The van der Waals surface area contributed by atoms with Gasteiger partial charge in [-0.1, -0.05) is 36.6 Å². The topological polar surface area (TPSA) is 60.2 Å². The lowest BCUT2D eigenvalue weighted by Gasteiger charge is -2.35. The molecule has 130 valence electrons. The summed E-state index contributed by atoms with van der Waals surface area (Å²) in [7, 11) is 0. The highest BCUT2D eigenvalue weighted by Crippen LogP contribution is 2.36. The van der Waals surface area contributed by atoms with E-state index in [2.05, 4.69) is 20.2 Å². The van der Waals surface area contributed by atoms with Crippen molar-refractivity contribution in [2.24, 2.45) is 0 Å². The normalized spacial score (nSPS) is 17.2. The third kappa shape index (κ3) is 3.90. The van der Waals surface area contributed by atoms with Crippen molar-refractivity contribution in [2.75, 3.05) is 0 Å². The largest absolute Gasteiger partial charge is 0.435 e. The lowest BCUT2D eigenvalue weighted by molar-refractivity contribution is -0.0498. The van der Waals surface area contributed by atoms with Gasteiger partial charge in [-0.25, -0.2) is 0 Å². The zero-order valence-electron chi connectivity index (χ0n) is 13.6. The van der Waals surface area contributed by atoms with E-state index < -0.39 is 6.61 Å². The van der Waals surface area contributed by atoms with Gasteiger partial charge in [-0.2, -0.15) is 13.8 Å². The number of halogens is 2. The fraction of sp³-hybridized carbons (Fsp3) is 0.529. The van der Waals surface area contributed by atoms with Crippen LogP contribution >= 0.6 is 0 Å². The summed E-state index contributed by atoms with van der Waals surface area (Å²) in [6.45, 7) is -0.418. The summed E-state index contributed by atoms with van der Waals surface area (Å²) in [6, 6.07) is 6.66. The number of nitrogens with zero attached hydrogens (tertiary/aromatic N) is 2. The molecule has 1 saturated carbocycles. The summed E-state index contributed by atoms with van der Waals surface area (Å²) in [4.78, 5) is 4.42. The van der Waals surface area contributed by atoms with Gasteiger partial charge in [-0.3, -0.25) is 0 Å². The zero-order chi connectivity index (χ0) is 17.0. The molecule has 1 N–H and O–H groups in total. The van der Waals surface area contributed by atoms with Crippen LogP contribution in [0.4, 0.5) is 8.78 Å². The second-order valence-corrected chi connectivity index (χ2v) is 6.16. The molecule has 24 heavy (non-hydrogen) atoms. The minimum Gasteiger partial charge on any atom is -0.435 e. The molecule has 1 fully saturated rings. The van der Waals surface area contributed by atoms with Gasteiger partial charge in [-0.05, 0) is 30.5 Å². The number of alkyl halides is 2. The minimum absolute atomic E-state index is 0.162. The predicted octanol–water partition coefficient (Wildman–Crippen LogP) is 3.93. The fourth-order valence-corrected chi connectivity index (χ4v) is 3.19. The van der Waals surface area contributed by atoms with Crippen LogP contribution < -0.4 is 10.1 Å². The van der Waals surface area contributed by atoms with E-state index in [1.807, 2.05) is 0 Å². The maximum Gasteiger partial charge on any atom is 0.387 e. The molecule has 5 nitrogen and oxygen atoms in total. The summed E-state index contributed by atoms with van der Waals surface area (Å²) in [5, 5.41) is 7.69. The molecule has 0 unspecified atom stereocenters. The highest BCUT2D eigenvalue weighted by Gasteiger charge is 2.37. The smallest absolute Gasteiger partial charge is 0.387 e. The fourth-order valence-electron chi connectivity index (χ4n) is 3.19. The Morgan fingerprint density at radius 3 is 2.50 bits per heavy atom. The highest BCUT2D eigenvalue weighted by molar-refractivity contribution is 5.27. The molecule has 0 saturated heterocycles. The lowest BCUT2D eigenvalue weighted by Crippen LogP contribution is -2.44. The van der Waals surface area contributed by atoms with E-state index >= 15 is 0 Å². The second-order valence-electron chi connectivity index (χ2n) is 6.16. The van der Waals surface area contributed by atoms with E-state index in [0.717, 1.165) is 31.2 Å². The van der Waals surface area contributed by atoms with Gasteiger partial charge in [0.1, 0.15) is 5.75 Å². The monoisotopic (exact) mass is 337 g/mol. The molecule has 1 aliphatic carbocycles. The van der Waals surface area contributed by atoms with Crippen molar-refractivity contribution in [3.05, 3.63) is 41.5 Å². The Hall–Kier alpha value is -2.02. The van der Waals surface area contributed by atoms with Gasteiger partial charge in [0, 0.05) is 13.5 Å². The number of aromatic nitrogens is 2. The van der Waals surface area contributed by atoms with Gasteiger partial charge >= 0.3 is 6.61 Å². The van der Waals surface area contributed by atoms with Gasteiger partial charge in [0.2, 0.25) is 5.89 Å². The number of hydrogen-bond donors (Lipinski definition) is 1. The number of aryl methyl sites for hydroxylation is 1. The summed E-state index contributed by atoms with van der Waals surface area (Å²) >= 11 is 0. The Kier molecular flexibility index (Phi) is 5.08. The molecule has 0 atom stereocenters. The van der Waals surface area contributed by atoms with Crippen molar-refractivity contribution >= 4 is 0 Å². The van der Waals surface area contributed by atoms with Crippen molar-refractivity contribution in [2.45, 2.75) is 57.7 Å². The first-order valence-electron chi connectivity index (χ1n) is 8.17. The highest BCUT2D eigenvalue weighted by atomic mass is 19.3. The van der Waals surface area contributed by atoms with Gasteiger partial charge in [0.15, 0.2) is 5.82 Å². The van der Waals surface area contributed by atoms with Crippen molar-refractivity contribution in [3.8, 4) is 5.75 Å². The maximum atomic E-state index is 12.2. The molecule has 0 amide bonds. The predicted molar refractivity (Wildman–Crippen MR) is 83.7 cm³/mol. The third-order valence-corrected chi connectivity index (χ3v) is 4.44. The third-order valence-electron chi connectivity index (χ3n) is 4.44. The van der Waals surface area contributed by atoms with Crippen LogP contribution in [0.1, 0.15) is 49.4 Å². The molecule has 0 bridgehead atoms. The summed E-state index contributed by atoms with van der Waals surface area (Å²) in [6.07, 6.45) is 5.35. The first-order chi connectivity index (χ1) is 11.6. The number of hydrogen-bond acceptors (Lipinski definition) is 5. The summed E-state index contributed by atoms with van der Waals surface area (Å²) in [5.74, 6) is 1.43. The average Bonchev–Trinajstić information content (AvgIpc) is 3.02. The zero-order valence-corrected chi connectivity index (χ0v) is 13.6. The molecule has 0 radical (unpaired) electrons. The van der Waals surface area contributed by atoms with Crippen LogP contribution in [0.2, 0.25) is 0 Å². The van der Waals surface area contributed by atoms with E-state index in [1.54, 1.807) is 31.2 Å². The van der Waals surface area contributed by atoms with Gasteiger partial charge in [-0.15, -0.1) is 0 Å². The van der Waals surface area contributed by atoms with E-state index in [9.17, 15) is 8.78 Å². The number of ether oxygens (including phenoxy) is 1. The van der Waals surface area contributed by atoms with Crippen LogP contribution in [0.3, 0.4) is 0 Å². The van der Waals surface area contributed by atoms with Gasteiger partial charge < -0.3 is 14.6 Å². The van der Waals surface area contributed by atoms with Gasteiger partial charge in [0.25, 0.3) is 0 Å². The van der Waals surface area contributed by atoms with Crippen LogP contribution in [0.25, 0.3) is 0 Å². The van der Waals surface area contributed by atoms with E-state index in [0.29, 0.717) is 18.3 Å². The van der Waals surface area contributed by atoms with Crippen molar-refractivity contribution in [1.82, 2.24) is 15.5 Å². The molecule has 0 aliphatic heterocycles. The standard InChI is InChI=1S/C17H21F2N3O2/c1-12-21-15(22-24-12)17(9-3-2-4-10-17)20-11-13-5-7-14(8-6-13)23-16(18)19/h5-8,16,20H,2-4,9-11H2,1H3.